The first kappa shape index (κ1) is 16.5. The summed E-state index contributed by atoms with van der Waals surface area (Å²) < 4.78 is 5.24. The van der Waals surface area contributed by atoms with E-state index < -0.39 is 0 Å². The number of aromatic nitrogens is 5. The monoisotopic (exact) mass is 335 g/mol. The maximum Gasteiger partial charge on any atom is 0.226 e. The number of aryl methyl sites for hydroxylation is 1. The molecular weight excluding hydrogens is 310 g/mol. The summed E-state index contributed by atoms with van der Waals surface area (Å²) in [7, 11) is 0. The van der Waals surface area contributed by atoms with Gasteiger partial charge >= 0.3 is 0 Å². The molecule has 0 bridgehead atoms. The Labute approximate surface area is 141 Å². The van der Waals surface area contributed by atoms with Gasteiger partial charge in [0.05, 0.1) is 5.75 Å². The molecule has 1 aliphatic carbocycles. The van der Waals surface area contributed by atoms with Gasteiger partial charge in [-0.25, -0.2) is 4.98 Å². The second-order valence-electron chi connectivity index (χ2n) is 6.74. The lowest BCUT2D eigenvalue weighted by atomic mass is 10.0. The molecule has 126 valence electrons. The first-order chi connectivity index (χ1) is 11.2. The highest BCUT2D eigenvalue weighted by atomic mass is 32.2. The summed E-state index contributed by atoms with van der Waals surface area (Å²) in [6.45, 7) is 4.28. The lowest BCUT2D eigenvalue weighted by Gasteiger charge is -2.05. The van der Waals surface area contributed by atoms with Gasteiger partial charge in [-0.15, -0.1) is 5.10 Å². The molecule has 2 aromatic heterocycles. The summed E-state index contributed by atoms with van der Waals surface area (Å²) in [6, 6.07) is 0. The number of hydrogen-bond donors (Lipinski definition) is 1. The molecule has 2 heterocycles. The Morgan fingerprint density at radius 3 is 2.87 bits per heavy atom. The van der Waals surface area contributed by atoms with Crippen LogP contribution in [0, 0.1) is 11.8 Å². The molecule has 1 aliphatic rings. The molecular formula is C16H25N5OS. The van der Waals surface area contributed by atoms with E-state index in [-0.39, 0.29) is 0 Å². The Morgan fingerprint density at radius 1 is 1.26 bits per heavy atom. The van der Waals surface area contributed by atoms with Crippen LogP contribution in [0.5, 0.6) is 0 Å². The van der Waals surface area contributed by atoms with E-state index in [1.807, 2.05) is 0 Å². The van der Waals surface area contributed by atoms with Gasteiger partial charge in [0.1, 0.15) is 5.82 Å². The summed E-state index contributed by atoms with van der Waals surface area (Å²) >= 11 is 1.55. The number of thioether (sulfide) groups is 1. The third-order valence-corrected chi connectivity index (χ3v) is 5.04. The van der Waals surface area contributed by atoms with Crippen LogP contribution < -0.4 is 0 Å². The van der Waals surface area contributed by atoms with Crippen LogP contribution in [0.2, 0.25) is 0 Å². The fraction of sp³-hybridized carbons (Fsp3) is 0.750. The average molecular weight is 335 g/mol. The number of nitrogens with one attached hydrogen (secondary N) is 1. The molecule has 0 unspecified atom stereocenters. The predicted molar refractivity (Wildman–Crippen MR) is 89.1 cm³/mol. The molecule has 1 N–H and O–H groups in total. The van der Waals surface area contributed by atoms with Crippen molar-refractivity contribution in [2.75, 3.05) is 0 Å². The fourth-order valence-electron chi connectivity index (χ4n) is 3.00. The molecule has 7 heteroatoms. The first-order valence-corrected chi connectivity index (χ1v) is 9.53. The van der Waals surface area contributed by atoms with E-state index in [1.54, 1.807) is 11.8 Å². The Balaban J connectivity index is 1.44. The van der Waals surface area contributed by atoms with Crippen molar-refractivity contribution in [2.45, 2.75) is 69.7 Å². The van der Waals surface area contributed by atoms with Crippen molar-refractivity contribution >= 4 is 11.8 Å². The quantitative estimate of drug-likeness (QED) is 0.739. The van der Waals surface area contributed by atoms with Crippen LogP contribution in [0.1, 0.15) is 63.5 Å². The zero-order valence-electron chi connectivity index (χ0n) is 13.9. The molecule has 1 saturated carbocycles. The number of aromatic amines is 1. The minimum absolute atomic E-state index is 0.520. The number of H-pyrrole nitrogens is 1. The Bertz CT molecular complexity index is 603. The van der Waals surface area contributed by atoms with Gasteiger partial charge < -0.3 is 4.52 Å². The summed E-state index contributed by atoms with van der Waals surface area (Å²) in [6.07, 6.45) is 8.60. The second-order valence-corrected chi connectivity index (χ2v) is 7.69. The molecule has 0 aromatic carbocycles. The van der Waals surface area contributed by atoms with Crippen molar-refractivity contribution in [1.82, 2.24) is 25.3 Å². The summed E-state index contributed by atoms with van der Waals surface area (Å²) in [4.78, 5) is 8.95. The third-order valence-electron chi connectivity index (χ3n) is 4.20. The van der Waals surface area contributed by atoms with Crippen LogP contribution >= 0.6 is 11.8 Å². The van der Waals surface area contributed by atoms with E-state index in [4.69, 9.17) is 4.52 Å². The Morgan fingerprint density at radius 2 is 2.09 bits per heavy atom. The van der Waals surface area contributed by atoms with Gasteiger partial charge in [-0.3, -0.25) is 5.10 Å². The smallest absolute Gasteiger partial charge is 0.226 e. The standard InChI is InChI=1S/C16H25N5OS/c1-11(2)9-15-17-14(21-22-15)10-23-16-18-13(19-20-16)8-7-12-5-3-4-6-12/h11-12H,3-10H2,1-2H3,(H,18,19,20). The van der Waals surface area contributed by atoms with E-state index in [9.17, 15) is 0 Å². The van der Waals surface area contributed by atoms with E-state index in [0.29, 0.717) is 23.4 Å². The number of rotatable bonds is 8. The van der Waals surface area contributed by atoms with Gasteiger partial charge in [0.15, 0.2) is 5.82 Å². The van der Waals surface area contributed by atoms with E-state index in [2.05, 4.69) is 39.2 Å². The Hall–Kier alpha value is -1.37. The zero-order chi connectivity index (χ0) is 16.1. The molecule has 23 heavy (non-hydrogen) atoms. The lowest BCUT2D eigenvalue weighted by Crippen LogP contribution is -1.97. The van der Waals surface area contributed by atoms with Crippen molar-refractivity contribution in [3.63, 3.8) is 0 Å². The second kappa shape index (κ2) is 7.95. The minimum Gasteiger partial charge on any atom is -0.339 e. The van der Waals surface area contributed by atoms with Gasteiger partial charge in [-0.05, 0) is 18.3 Å². The van der Waals surface area contributed by atoms with Crippen molar-refractivity contribution in [1.29, 1.82) is 0 Å². The van der Waals surface area contributed by atoms with Crippen LogP contribution in [0.15, 0.2) is 9.68 Å². The minimum atomic E-state index is 0.520. The van der Waals surface area contributed by atoms with Crippen molar-refractivity contribution in [2.24, 2.45) is 11.8 Å². The molecule has 0 amide bonds. The van der Waals surface area contributed by atoms with Crippen LogP contribution in [0.25, 0.3) is 0 Å². The number of hydrogen-bond acceptors (Lipinski definition) is 6. The molecule has 3 rings (SSSR count). The molecule has 0 saturated heterocycles. The molecule has 0 radical (unpaired) electrons. The van der Waals surface area contributed by atoms with Crippen molar-refractivity contribution < 1.29 is 4.52 Å². The highest BCUT2D eigenvalue weighted by Gasteiger charge is 2.16. The summed E-state index contributed by atoms with van der Waals surface area (Å²) in [5, 5.41) is 12.1. The van der Waals surface area contributed by atoms with Crippen LogP contribution in [0.3, 0.4) is 0 Å². The zero-order valence-corrected chi connectivity index (χ0v) is 14.7. The van der Waals surface area contributed by atoms with Crippen LogP contribution in [-0.2, 0) is 18.6 Å². The van der Waals surface area contributed by atoms with Gasteiger partial charge in [-0.1, -0.05) is 56.4 Å². The molecule has 6 nitrogen and oxygen atoms in total. The lowest BCUT2D eigenvalue weighted by molar-refractivity contribution is 0.360. The van der Waals surface area contributed by atoms with Gasteiger partial charge in [0.25, 0.3) is 0 Å². The largest absolute Gasteiger partial charge is 0.339 e. The van der Waals surface area contributed by atoms with E-state index >= 15 is 0 Å². The number of nitrogens with zero attached hydrogens (tertiary/aromatic N) is 4. The molecule has 0 aliphatic heterocycles. The van der Waals surface area contributed by atoms with E-state index in [0.717, 1.165) is 29.7 Å². The van der Waals surface area contributed by atoms with E-state index in [1.165, 1.54) is 32.1 Å². The van der Waals surface area contributed by atoms with Crippen molar-refractivity contribution in [3.05, 3.63) is 17.5 Å². The SMILES string of the molecule is CC(C)Cc1nc(CSc2n[nH]c(CCC3CCCC3)n2)no1. The van der Waals surface area contributed by atoms with Crippen molar-refractivity contribution in [3.8, 4) is 0 Å². The third kappa shape index (κ3) is 5.06. The van der Waals surface area contributed by atoms with Gasteiger partial charge in [-0.2, -0.15) is 4.98 Å². The van der Waals surface area contributed by atoms with Gasteiger partial charge in [0.2, 0.25) is 11.0 Å². The molecule has 0 atom stereocenters. The maximum atomic E-state index is 5.24. The molecule has 1 fully saturated rings. The van der Waals surface area contributed by atoms with Crippen LogP contribution in [-0.4, -0.2) is 25.3 Å². The normalized spacial score (nSPS) is 15.8. The van der Waals surface area contributed by atoms with Gasteiger partial charge in [0, 0.05) is 12.8 Å². The summed E-state index contributed by atoms with van der Waals surface area (Å²) in [5.41, 5.74) is 0. The highest BCUT2D eigenvalue weighted by molar-refractivity contribution is 7.98. The molecule has 2 aromatic rings. The average Bonchev–Trinajstić information content (AvgIpc) is 3.25. The van der Waals surface area contributed by atoms with Crippen LogP contribution in [0.4, 0.5) is 0 Å². The first-order valence-electron chi connectivity index (χ1n) is 8.54. The topological polar surface area (TPSA) is 80.5 Å². The molecule has 0 spiro atoms. The summed E-state index contributed by atoms with van der Waals surface area (Å²) in [5.74, 6) is 4.46. The highest BCUT2D eigenvalue weighted by Crippen LogP contribution is 2.28. The Kier molecular flexibility index (Phi) is 5.70. The fourth-order valence-corrected chi connectivity index (χ4v) is 3.66. The maximum absolute atomic E-state index is 5.24. The predicted octanol–water partition coefficient (Wildman–Crippen LogP) is 3.80.